The van der Waals surface area contributed by atoms with Gasteiger partial charge in [0.15, 0.2) is 5.60 Å². The van der Waals surface area contributed by atoms with E-state index in [0.29, 0.717) is 27.7 Å². The fraction of sp³-hybridized carbons (Fsp3) is 0.308. The highest BCUT2D eigenvalue weighted by atomic mass is 79.9. The molecular weight excluding hydrogens is 316 g/mol. The van der Waals surface area contributed by atoms with Gasteiger partial charge in [0, 0.05) is 15.3 Å². The van der Waals surface area contributed by atoms with Crippen LogP contribution in [0.1, 0.15) is 25.0 Å². The van der Waals surface area contributed by atoms with Crippen molar-refractivity contribution in [3.05, 3.63) is 39.9 Å². The van der Waals surface area contributed by atoms with Gasteiger partial charge in [-0.05, 0) is 29.8 Å². The standard InChI is InChI=1S/C13H12BrO3S/c1-13(2)12(15)10(14)11(17-13)9-5-3-8(4-6-9)7-18-16/h3-6H,7H2,1-2H3/q+1. The van der Waals surface area contributed by atoms with Crippen LogP contribution in [0, 0.1) is 0 Å². The highest BCUT2D eigenvalue weighted by molar-refractivity contribution is 9.12. The lowest BCUT2D eigenvalue weighted by atomic mass is 10.1. The van der Waals surface area contributed by atoms with E-state index < -0.39 is 5.60 Å². The third-order valence-corrected chi connectivity index (χ3v) is 3.92. The van der Waals surface area contributed by atoms with Crippen LogP contribution in [0.5, 0.6) is 0 Å². The molecule has 1 aromatic carbocycles. The first-order valence-corrected chi connectivity index (χ1v) is 7.14. The number of hydrogen-bond donors (Lipinski definition) is 0. The third-order valence-electron chi connectivity index (χ3n) is 2.74. The molecular formula is C13H12BrO3S+. The Labute approximate surface area is 118 Å². The quantitative estimate of drug-likeness (QED) is 0.801. The third kappa shape index (κ3) is 2.37. The van der Waals surface area contributed by atoms with Crippen molar-refractivity contribution >= 4 is 39.1 Å². The Morgan fingerprint density at radius 3 is 2.33 bits per heavy atom. The fourth-order valence-electron chi connectivity index (χ4n) is 1.72. The van der Waals surface area contributed by atoms with Crippen molar-refractivity contribution in [2.45, 2.75) is 25.2 Å². The van der Waals surface area contributed by atoms with Crippen LogP contribution in [0.3, 0.4) is 0 Å². The molecule has 1 aliphatic heterocycles. The Balaban J connectivity index is 2.33. The van der Waals surface area contributed by atoms with Gasteiger partial charge in [-0.25, -0.2) is 0 Å². The minimum absolute atomic E-state index is 0.0586. The lowest BCUT2D eigenvalue weighted by Gasteiger charge is -2.17. The normalized spacial score (nSPS) is 17.8. The van der Waals surface area contributed by atoms with Gasteiger partial charge in [-0.1, -0.05) is 24.3 Å². The van der Waals surface area contributed by atoms with Gasteiger partial charge >= 0.3 is 11.7 Å². The summed E-state index contributed by atoms with van der Waals surface area (Å²) in [4.78, 5) is 11.9. The van der Waals surface area contributed by atoms with Gasteiger partial charge < -0.3 is 4.74 Å². The maximum atomic E-state index is 11.9. The van der Waals surface area contributed by atoms with E-state index in [9.17, 15) is 9.00 Å². The SMILES string of the molecule is CC1(C)OC(c2ccc(C[S+]=O)cc2)=C(Br)C1=O. The minimum Gasteiger partial charge on any atom is -0.478 e. The second-order valence-electron chi connectivity index (χ2n) is 4.54. The Bertz CT molecular complexity index is 532. The molecule has 0 N–H and O–H groups in total. The number of rotatable bonds is 3. The number of halogens is 1. The zero-order valence-electron chi connectivity index (χ0n) is 10.0. The summed E-state index contributed by atoms with van der Waals surface area (Å²) in [6.45, 7) is 3.48. The molecule has 18 heavy (non-hydrogen) atoms. The molecule has 0 atom stereocenters. The Morgan fingerprint density at radius 1 is 1.28 bits per heavy atom. The topological polar surface area (TPSA) is 43.4 Å². The smallest absolute Gasteiger partial charge is 0.463 e. The largest absolute Gasteiger partial charge is 0.478 e. The number of carbonyl (C=O) groups is 1. The fourth-order valence-corrected chi connectivity index (χ4v) is 2.84. The predicted octanol–water partition coefficient (Wildman–Crippen LogP) is 3.06. The van der Waals surface area contributed by atoms with E-state index in [1.807, 2.05) is 24.3 Å². The molecule has 5 heteroatoms. The van der Waals surface area contributed by atoms with E-state index in [1.165, 1.54) is 0 Å². The second-order valence-corrected chi connectivity index (χ2v) is 5.86. The number of hydrogen-bond acceptors (Lipinski definition) is 3. The molecule has 1 heterocycles. The van der Waals surface area contributed by atoms with Gasteiger partial charge in [0.05, 0.1) is 0 Å². The number of ketones is 1. The molecule has 0 saturated heterocycles. The van der Waals surface area contributed by atoms with Crippen LogP contribution in [0.15, 0.2) is 28.7 Å². The minimum atomic E-state index is -0.822. The summed E-state index contributed by atoms with van der Waals surface area (Å²) in [6, 6.07) is 7.45. The zero-order valence-corrected chi connectivity index (χ0v) is 12.4. The number of carbonyl (C=O) groups excluding carboxylic acids is 1. The highest BCUT2D eigenvalue weighted by Crippen LogP contribution is 2.38. The molecule has 0 unspecified atom stereocenters. The first kappa shape index (κ1) is 13.4. The molecule has 0 radical (unpaired) electrons. The lowest BCUT2D eigenvalue weighted by molar-refractivity contribution is -0.125. The Hall–Kier alpha value is -1.07. The summed E-state index contributed by atoms with van der Waals surface area (Å²) in [6.07, 6.45) is 0. The summed E-state index contributed by atoms with van der Waals surface area (Å²) in [7, 11) is 0. The van der Waals surface area contributed by atoms with Crippen molar-refractivity contribution in [1.29, 1.82) is 0 Å². The Kier molecular flexibility index (Phi) is 3.64. The van der Waals surface area contributed by atoms with Gasteiger partial charge in [0.2, 0.25) is 5.78 Å². The molecule has 1 aromatic rings. The zero-order chi connectivity index (χ0) is 13.3. The average molecular weight is 328 g/mol. The molecule has 0 aliphatic carbocycles. The van der Waals surface area contributed by atoms with Crippen LogP contribution in [-0.4, -0.2) is 11.4 Å². The summed E-state index contributed by atoms with van der Waals surface area (Å²) >= 11 is 3.82. The molecule has 1 aliphatic rings. The van der Waals surface area contributed by atoms with Crippen molar-refractivity contribution in [1.82, 2.24) is 0 Å². The number of ether oxygens (including phenoxy) is 1. The van der Waals surface area contributed by atoms with Crippen LogP contribution in [0.4, 0.5) is 0 Å². The van der Waals surface area contributed by atoms with Crippen molar-refractivity contribution in [3.63, 3.8) is 0 Å². The highest BCUT2D eigenvalue weighted by Gasteiger charge is 2.41. The molecule has 0 amide bonds. The van der Waals surface area contributed by atoms with E-state index in [1.54, 1.807) is 13.8 Å². The van der Waals surface area contributed by atoms with Crippen LogP contribution >= 0.6 is 15.9 Å². The van der Waals surface area contributed by atoms with Crippen LogP contribution < -0.4 is 0 Å². The summed E-state index contributed by atoms with van der Waals surface area (Å²) in [5.41, 5.74) is 0.969. The van der Waals surface area contributed by atoms with Crippen molar-refractivity contribution < 1.29 is 13.7 Å². The van der Waals surface area contributed by atoms with Gasteiger partial charge in [-0.3, -0.25) is 4.79 Å². The Morgan fingerprint density at radius 2 is 1.89 bits per heavy atom. The van der Waals surface area contributed by atoms with Crippen molar-refractivity contribution in [2.75, 3.05) is 0 Å². The molecule has 3 nitrogen and oxygen atoms in total. The van der Waals surface area contributed by atoms with Crippen LogP contribution in [-0.2, 0) is 31.2 Å². The first-order chi connectivity index (χ1) is 8.45. The maximum absolute atomic E-state index is 11.9. The van der Waals surface area contributed by atoms with Gasteiger partial charge in [0.25, 0.3) is 5.75 Å². The van der Waals surface area contributed by atoms with Gasteiger partial charge in [0.1, 0.15) is 10.2 Å². The average Bonchev–Trinajstić information content (AvgIpc) is 2.55. The number of benzene rings is 1. The molecule has 0 bridgehead atoms. The summed E-state index contributed by atoms with van der Waals surface area (Å²) in [5, 5.41) is 0. The van der Waals surface area contributed by atoms with E-state index in [4.69, 9.17) is 4.74 Å². The van der Waals surface area contributed by atoms with Gasteiger partial charge in [-0.15, -0.1) is 0 Å². The van der Waals surface area contributed by atoms with E-state index in [-0.39, 0.29) is 5.78 Å². The first-order valence-electron chi connectivity index (χ1n) is 5.43. The molecule has 2 rings (SSSR count). The van der Waals surface area contributed by atoms with E-state index in [0.717, 1.165) is 11.1 Å². The van der Waals surface area contributed by atoms with Crippen molar-refractivity contribution in [3.8, 4) is 0 Å². The van der Waals surface area contributed by atoms with E-state index >= 15 is 0 Å². The van der Waals surface area contributed by atoms with Crippen molar-refractivity contribution in [2.24, 2.45) is 0 Å². The lowest BCUT2D eigenvalue weighted by Crippen LogP contribution is -2.28. The van der Waals surface area contributed by atoms with E-state index in [2.05, 4.69) is 15.9 Å². The molecule has 0 fully saturated rings. The molecule has 94 valence electrons. The monoisotopic (exact) mass is 327 g/mol. The predicted molar refractivity (Wildman–Crippen MR) is 74.2 cm³/mol. The van der Waals surface area contributed by atoms with Crippen LogP contribution in [0.2, 0.25) is 0 Å². The molecule has 0 spiro atoms. The van der Waals surface area contributed by atoms with Crippen LogP contribution in [0.25, 0.3) is 5.76 Å². The molecule has 0 aromatic heterocycles. The van der Waals surface area contributed by atoms with Gasteiger partial charge in [-0.2, -0.15) is 0 Å². The number of Topliss-reactive ketones (excluding diaryl/α,β-unsaturated/α-hetero) is 1. The summed E-state index contributed by atoms with van der Waals surface area (Å²) in [5.74, 6) is 0.939. The summed E-state index contributed by atoms with van der Waals surface area (Å²) < 4.78 is 16.6. The maximum Gasteiger partial charge on any atom is 0.463 e. The second kappa shape index (κ2) is 4.90. The molecule has 0 saturated carbocycles.